The van der Waals surface area contributed by atoms with Crippen LogP contribution in [0.5, 0.6) is 5.75 Å². The van der Waals surface area contributed by atoms with Crippen LogP contribution in [0.25, 0.3) is 11.1 Å². The summed E-state index contributed by atoms with van der Waals surface area (Å²) >= 11 is 0. The summed E-state index contributed by atoms with van der Waals surface area (Å²) in [7, 11) is 0. The first kappa shape index (κ1) is 27.1. The molecule has 0 fully saturated rings. The van der Waals surface area contributed by atoms with Gasteiger partial charge in [0.1, 0.15) is 23.6 Å². The molecule has 0 radical (unpaired) electrons. The van der Waals surface area contributed by atoms with E-state index in [-0.39, 0.29) is 6.61 Å². The van der Waals surface area contributed by atoms with Crippen LogP contribution in [0.2, 0.25) is 0 Å². The van der Waals surface area contributed by atoms with Crippen molar-refractivity contribution < 1.29 is 28.9 Å². The van der Waals surface area contributed by atoms with E-state index in [4.69, 9.17) is 14.2 Å². The summed E-state index contributed by atoms with van der Waals surface area (Å²) in [6.07, 6.45) is 1.53. The molecule has 1 heterocycles. The number of nitrogens with zero attached hydrogens (tertiary/aromatic N) is 1. The fourth-order valence-corrected chi connectivity index (χ4v) is 2.87. The van der Waals surface area contributed by atoms with E-state index in [2.05, 4.69) is 10.3 Å². The fraction of sp³-hybridized carbons (Fsp3) is 0.500. The van der Waals surface area contributed by atoms with Gasteiger partial charge in [-0.1, -0.05) is 18.2 Å². The third-order valence-electron chi connectivity index (χ3n) is 4.38. The number of aliphatic hydroxyl groups excluding tert-OH is 1. The highest BCUT2D eigenvalue weighted by Gasteiger charge is 2.23. The Balaban J connectivity index is 1.79. The van der Waals surface area contributed by atoms with Gasteiger partial charge in [-0.05, 0) is 78.1 Å². The number of esters is 1. The number of aromatic nitrogens is 1. The minimum Gasteiger partial charge on any atom is -0.490 e. The van der Waals surface area contributed by atoms with Gasteiger partial charge in [-0.3, -0.25) is 4.98 Å². The van der Waals surface area contributed by atoms with Crippen LogP contribution in [0.4, 0.5) is 4.79 Å². The van der Waals surface area contributed by atoms with E-state index >= 15 is 0 Å². The van der Waals surface area contributed by atoms with Gasteiger partial charge in [0, 0.05) is 24.0 Å². The predicted molar refractivity (Wildman–Crippen MR) is 130 cm³/mol. The Morgan fingerprint density at radius 3 is 2.12 bits per heavy atom. The molecule has 0 aliphatic heterocycles. The number of aryl methyl sites for hydroxylation is 1. The van der Waals surface area contributed by atoms with Gasteiger partial charge in [0.05, 0.1) is 0 Å². The second-order valence-electron chi connectivity index (χ2n) is 9.96. The molecule has 1 aromatic carbocycles. The summed E-state index contributed by atoms with van der Waals surface area (Å²) in [6.45, 7) is 11.0. The first-order valence-electron chi connectivity index (χ1n) is 11.4. The maximum atomic E-state index is 11.8. The lowest BCUT2D eigenvalue weighted by Crippen LogP contribution is -2.35. The van der Waals surface area contributed by atoms with Gasteiger partial charge in [0.15, 0.2) is 6.10 Å². The topological polar surface area (TPSA) is 107 Å². The SMILES string of the molecule is CC(C)(C)OC(=O)NCCCc1ccc(-c2ccc(OCC(O)C(=O)OC(C)(C)C)cc2)cn1. The number of alkyl carbamates (subject to hydrolysis) is 1. The minimum absolute atomic E-state index is 0.187. The van der Waals surface area contributed by atoms with Crippen LogP contribution in [0.3, 0.4) is 0 Å². The molecule has 2 N–H and O–H groups in total. The Bertz CT molecular complexity index is 928. The monoisotopic (exact) mass is 472 g/mol. The molecular weight excluding hydrogens is 436 g/mol. The van der Waals surface area contributed by atoms with Gasteiger partial charge in [0.2, 0.25) is 0 Å². The van der Waals surface area contributed by atoms with E-state index in [1.165, 1.54) is 0 Å². The van der Waals surface area contributed by atoms with Crippen LogP contribution in [0.1, 0.15) is 53.7 Å². The van der Waals surface area contributed by atoms with Crippen LogP contribution < -0.4 is 10.1 Å². The minimum atomic E-state index is -1.35. The van der Waals surface area contributed by atoms with Gasteiger partial charge < -0.3 is 24.6 Å². The summed E-state index contributed by atoms with van der Waals surface area (Å²) in [4.78, 5) is 28.0. The number of carbonyl (C=O) groups is 2. The predicted octanol–water partition coefficient (Wildman–Crippen LogP) is 4.29. The molecule has 0 saturated carbocycles. The van der Waals surface area contributed by atoms with Crippen LogP contribution in [0, 0.1) is 0 Å². The first-order valence-corrected chi connectivity index (χ1v) is 11.4. The second kappa shape index (κ2) is 11.8. The highest BCUT2D eigenvalue weighted by Crippen LogP contribution is 2.22. The van der Waals surface area contributed by atoms with Crippen molar-refractivity contribution in [3.63, 3.8) is 0 Å². The van der Waals surface area contributed by atoms with Crippen molar-refractivity contribution >= 4 is 12.1 Å². The average Bonchev–Trinajstić information content (AvgIpc) is 2.73. The summed E-state index contributed by atoms with van der Waals surface area (Å²) in [5, 5.41) is 12.7. The lowest BCUT2D eigenvalue weighted by Gasteiger charge is -2.21. The van der Waals surface area contributed by atoms with Crippen molar-refractivity contribution in [2.75, 3.05) is 13.2 Å². The van der Waals surface area contributed by atoms with Gasteiger partial charge >= 0.3 is 12.1 Å². The van der Waals surface area contributed by atoms with E-state index in [9.17, 15) is 14.7 Å². The van der Waals surface area contributed by atoms with E-state index in [0.29, 0.717) is 12.3 Å². The third-order valence-corrected chi connectivity index (χ3v) is 4.38. The fourth-order valence-electron chi connectivity index (χ4n) is 2.87. The summed E-state index contributed by atoms with van der Waals surface area (Å²) in [6, 6.07) is 11.3. The van der Waals surface area contributed by atoms with Crippen molar-refractivity contribution in [1.82, 2.24) is 10.3 Å². The van der Waals surface area contributed by atoms with Crippen LogP contribution in [-0.2, 0) is 20.7 Å². The number of benzene rings is 1. The summed E-state index contributed by atoms with van der Waals surface area (Å²) in [5.74, 6) is -0.177. The Labute approximate surface area is 201 Å². The molecule has 1 unspecified atom stereocenters. The number of aliphatic hydroxyl groups is 1. The molecule has 0 bridgehead atoms. The lowest BCUT2D eigenvalue weighted by molar-refractivity contribution is -0.166. The molecular formula is C26H36N2O6. The van der Waals surface area contributed by atoms with Crippen LogP contribution in [0.15, 0.2) is 42.6 Å². The molecule has 1 aromatic heterocycles. The standard InChI is InChI=1S/C26H36N2O6/c1-25(2,3)33-23(30)22(29)17-32-21-13-10-18(11-14-21)19-9-12-20(28-16-19)8-7-15-27-24(31)34-26(4,5)6/h9-14,16,22,29H,7-8,15,17H2,1-6H3,(H,27,31). The highest BCUT2D eigenvalue weighted by molar-refractivity contribution is 5.75. The zero-order valence-electron chi connectivity index (χ0n) is 20.9. The van der Waals surface area contributed by atoms with Crippen LogP contribution >= 0.6 is 0 Å². The average molecular weight is 473 g/mol. The Hall–Kier alpha value is -3.13. The van der Waals surface area contributed by atoms with Crippen molar-refractivity contribution in [3.05, 3.63) is 48.3 Å². The molecule has 2 rings (SSSR count). The van der Waals surface area contributed by atoms with Crippen molar-refractivity contribution in [2.45, 2.75) is 71.7 Å². The normalized spacial score (nSPS) is 12.6. The number of nitrogens with one attached hydrogen (secondary N) is 1. The van der Waals surface area contributed by atoms with Gasteiger partial charge in [-0.2, -0.15) is 0 Å². The number of rotatable bonds is 9. The zero-order chi connectivity index (χ0) is 25.4. The van der Waals surface area contributed by atoms with E-state index in [1.54, 1.807) is 39.1 Å². The van der Waals surface area contributed by atoms with Crippen molar-refractivity contribution in [1.29, 1.82) is 0 Å². The Morgan fingerprint density at radius 2 is 1.56 bits per heavy atom. The molecule has 0 aliphatic carbocycles. The summed E-state index contributed by atoms with van der Waals surface area (Å²) < 4.78 is 15.8. The van der Waals surface area contributed by atoms with Gasteiger partial charge in [-0.25, -0.2) is 9.59 Å². The molecule has 0 saturated heterocycles. The second-order valence-corrected chi connectivity index (χ2v) is 9.96. The van der Waals surface area contributed by atoms with Crippen molar-refractivity contribution in [3.8, 4) is 16.9 Å². The molecule has 8 nitrogen and oxygen atoms in total. The number of pyridine rings is 1. The first-order chi connectivity index (χ1) is 15.8. The summed E-state index contributed by atoms with van der Waals surface area (Å²) in [5.41, 5.74) is 1.68. The molecule has 0 spiro atoms. The van der Waals surface area contributed by atoms with E-state index < -0.39 is 29.4 Å². The zero-order valence-corrected chi connectivity index (χ0v) is 20.9. The van der Waals surface area contributed by atoms with Gasteiger partial charge in [-0.15, -0.1) is 0 Å². The van der Waals surface area contributed by atoms with Crippen LogP contribution in [-0.4, -0.2) is 52.6 Å². The smallest absolute Gasteiger partial charge is 0.407 e. The third kappa shape index (κ3) is 10.2. The number of ether oxygens (including phenoxy) is 3. The van der Waals surface area contributed by atoms with E-state index in [0.717, 1.165) is 29.7 Å². The molecule has 1 atom stereocenters. The molecule has 186 valence electrons. The Morgan fingerprint density at radius 1 is 0.941 bits per heavy atom. The quantitative estimate of drug-likeness (QED) is 0.414. The number of hydrogen-bond acceptors (Lipinski definition) is 7. The largest absolute Gasteiger partial charge is 0.490 e. The maximum Gasteiger partial charge on any atom is 0.407 e. The highest BCUT2D eigenvalue weighted by atomic mass is 16.6. The number of amides is 1. The maximum absolute atomic E-state index is 11.8. The number of carbonyl (C=O) groups excluding carboxylic acids is 2. The van der Waals surface area contributed by atoms with Gasteiger partial charge in [0.25, 0.3) is 0 Å². The molecule has 2 aromatic rings. The molecule has 1 amide bonds. The molecule has 8 heteroatoms. The van der Waals surface area contributed by atoms with E-state index in [1.807, 2.05) is 45.0 Å². The lowest BCUT2D eigenvalue weighted by atomic mass is 10.1. The Kier molecular flexibility index (Phi) is 9.44. The van der Waals surface area contributed by atoms with Crippen molar-refractivity contribution in [2.24, 2.45) is 0 Å². The molecule has 0 aliphatic rings. The number of hydrogen-bond donors (Lipinski definition) is 2. The molecule has 34 heavy (non-hydrogen) atoms.